The van der Waals surface area contributed by atoms with Crippen LogP contribution in [-0.2, 0) is 14.8 Å². The first-order valence-electron chi connectivity index (χ1n) is 10.2. The smallest absolute Gasteiger partial charge is 0.269 e. The van der Waals surface area contributed by atoms with Gasteiger partial charge in [0, 0.05) is 32.3 Å². The summed E-state index contributed by atoms with van der Waals surface area (Å²) in [5.41, 5.74) is 1.16. The van der Waals surface area contributed by atoms with Crippen LogP contribution in [0.25, 0.3) is 11.0 Å². The van der Waals surface area contributed by atoms with Gasteiger partial charge in [0.25, 0.3) is 21.9 Å². The van der Waals surface area contributed by atoms with E-state index in [2.05, 4.69) is 35.5 Å². The molecular formula is C22H18ClN7O5S. The molecule has 0 bridgehead atoms. The van der Waals surface area contributed by atoms with E-state index in [1.807, 2.05) is 0 Å². The van der Waals surface area contributed by atoms with E-state index in [-0.39, 0.29) is 39.1 Å². The second-order valence-electron chi connectivity index (χ2n) is 7.27. The standard InChI is InChI=1S/C22H18ClN7O5S/c1-12(31)26-17-6-4-15(11-16(17)23)36(33,34)30-22-27-19-9-13(3-5-18(19)28-29-22)35-14-7-8-25-20(10-14)21(32)24-2/h3-11H,1-2H3,(H,24,32)(H,26,31)(H,27,29,30). The lowest BCUT2D eigenvalue weighted by atomic mass is 10.3. The summed E-state index contributed by atoms with van der Waals surface area (Å²) in [6, 6.07) is 11.7. The van der Waals surface area contributed by atoms with Crippen LogP contribution in [0.1, 0.15) is 17.4 Å². The number of sulfonamides is 1. The van der Waals surface area contributed by atoms with Crippen LogP contribution in [0.4, 0.5) is 11.6 Å². The average Bonchev–Trinajstić information content (AvgIpc) is 2.84. The number of carbonyl (C=O) groups is 2. The number of anilines is 2. The number of ether oxygens (including phenoxy) is 1. The van der Waals surface area contributed by atoms with Gasteiger partial charge in [-0.05, 0) is 36.4 Å². The molecule has 2 aromatic carbocycles. The molecule has 184 valence electrons. The minimum absolute atomic E-state index is 0.0445. The number of rotatable bonds is 7. The minimum Gasteiger partial charge on any atom is -0.457 e. The quantitative estimate of drug-likeness (QED) is 0.327. The molecule has 0 radical (unpaired) electrons. The van der Waals surface area contributed by atoms with E-state index in [1.54, 1.807) is 24.3 Å². The molecule has 14 heteroatoms. The van der Waals surface area contributed by atoms with Gasteiger partial charge in [-0.2, -0.15) is 0 Å². The zero-order valence-corrected chi connectivity index (χ0v) is 20.4. The van der Waals surface area contributed by atoms with Crippen LogP contribution in [-0.4, -0.2) is 47.4 Å². The van der Waals surface area contributed by atoms with E-state index >= 15 is 0 Å². The largest absolute Gasteiger partial charge is 0.457 e. The summed E-state index contributed by atoms with van der Waals surface area (Å²) in [5, 5.41) is 12.8. The van der Waals surface area contributed by atoms with Gasteiger partial charge in [-0.3, -0.25) is 14.6 Å². The van der Waals surface area contributed by atoms with Gasteiger partial charge in [-0.1, -0.05) is 11.6 Å². The van der Waals surface area contributed by atoms with E-state index in [0.29, 0.717) is 22.5 Å². The number of hydrogen-bond acceptors (Lipinski definition) is 9. The van der Waals surface area contributed by atoms with Crippen molar-refractivity contribution in [2.24, 2.45) is 0 Å². The molecule has 0 aliphatic carbocycles. The first-order valence-corrected chi connectivity index (χ1v) is 12.1. The summed E-state index contributed by atoms with van der Waals surface area (Å²) in [6.45, 7) is 1.31. The highest BCUT2D eigenvalue weighted by atomic mass is 35.5. The number of nitrogens with zero attached hydrogens (tertiary/aromatic N) is 4. The number of benzene rings is 2. The van der Waals surface area contributed by atoms with Crippen molar-refractivity contribution < 1.29 is 22.7 Å². The zero-order chi connectivity index (χ0) is 25.9. The second-order valence-corrected chi connectivity index (χ2v) is 9.36. The summed E-state index contributed by atoms with van der Waals surface area (Å²) >= 11 is 6.09. The maximum absolute atomic E-state index is 12.8. The van der Waals surface area contributed by atoms with Crippen molar-refractivity contribution >= 4 is 56.1 Å². The molecule has 0 saturated heterocycles. The Labute approximate surface area is 210 Å². The summed E-state index contributed by atoms with van der Waals surface area (Å²) in [5.74, 6) is -0.247. The monoisotopic (exact) mass is 527 g/mol. The van der Waals surface area contributed by atoms with Crippen molar-refractivity contribution in [3.8, 4) is 11.5 Å². The number of pyridine rings is 1. The molecule has 2 aromatic heterocycles. The van der Waals surface area contributed by atoms with Crippen molar-refractivity contribution in [2.45, 2.75) is 11.8 Å². The molecule has 0 fully saturated rings. The first-order chi connectivity index (χ1) is 17.1. The lowest BCUT2D eigenvalue weighted by Crippen LogP contribution is -2.18. The highest BCUT2D eigenvalue weighted by molar-refractivity contribution is 7.92. The summed E-state index contributed by atoms with van der Waals surface area (Å²) in [6.07, 6.45) is 1.44. The lowest BCUT2D eigenvalue weighted by molar-refractivity contribution is -0.114. The third-order valence-electron chi connectivity index (χ3n) is 4.64. The Morgan fingerprint density at radius 2 is 1.75 bits per heavy atom. The molecule has 2 amide bonds. The fraction of sp³-hybridized carbons (Fsp3) is 0.0909. The molecule has 12 nitrogen and oxygen atoms in total. The molecule has 0 unspecified atom stereocenters. The molecule has 3 N–H and O–H groups in total. The third kappa shape index (κ3) is 5.64. The highest BCUT2D eigenvalue weighted by Gasteiger charge is 2.18. The van der Waals surface area contributed by atoms with Crippen LogP contribution in [0.5, 0.6) is 11.5 Å². The minimum atomic E-state index is -4.11. The summed E-state index contributed by atoms with van der Waals surface area (Å²) in [7, 11) is -2.62. The predicted octanol–water partition coefficient (Wildman–Crippen LogP) is 2.98. The number of nitrogens with one attached hydrogen (secondary N) is 3. The van der Waals surface area contributed by atoms with Crippen molar-refractivity contribution in [1.82, 2.24) is 25.5 Å². The zero-order valence-electron chi connectivity index (χ0n) is 18.8. The van der Waals surface area contributed by atoms with Gasteiger partial charge in [0.1, 0.15) is 22.7 Å². The molecule has 0 atom stereocenters. The molecular weight excluding hydrogens is 510 g/mol. The molecule has 0 aliphatic heterocycles. The number of hydrogen-bond donors (Lipinski definition) is 3. The first kappa shape index (κ1) is 24.8. The van der Waals surface area contributed by atoms with E-state index in [4.69, 9.17) is 16.3 Å². The Balaban J connectivity index is 1.57. The van der Waals surface area contributed by atoms with Gasteiger partial charge in [-0.15, -0.1) is 10.2 Å². The maximum atomic E-state index is 12.8. The van der Waals surface area contributed by atoms with E-state index in [0.717, 1.165) is 0 Å². The Morgan fingerprint density at radius 1 is 0.972 bits per heavy atom. The van der Waals surface area contributed by atoms with Crippen molar-refractivity contribution in [3.05, 3.63) is 65.4 Å². The van der Waals surface area contributed by atoms with Crippen LogP contribution < -0.4 is 20.1 Å². The lowest BCUT2D eigenvalue weighted by Gasteiger charge is -2.10. The van der Waals surface area contributed by atoms with Crippen LogP contribution in [0.15, 0.2) is 59.6 Å². The van der Waals surface area contributed by atoms with Crippen molar-refractivity contribution in [3.63, 3.8) is 0 Å². The SMILES string of the molecule is CNC(=O)c1cc(Oc2ccc3nnc(NS(=O)(=O)c4ccc(NC(C)=O)c(Cl)c4)nc3c2)ccn1. The van der Waals surface area contributed by atoms with E-state index < -0.39 is 10.0 Å². The number of fused-ring (bicyclic) bond motifs is 1. The summed E-state index contributed by atoms with van der Waals surface area (Å²) in [4.78, 5) is 31.1. The van der Waals surface area contributed by atoms with Crippen LogP contribution in [0.3, 0.4) is 0 Å². The van der Waals surface area contributed by atoms with Crippen molar-refractivity contribution in [1.29, 1.82) is 0 Å². The fourth-order valence-corrected chi connectivity index (χ4v) is 4.28. The predicted molar refractivity (Wildman–Crippen MR) is 132 cm³/mol. The van der Waals surface area contributed by atoms with Gasteiger partial charge in [0.05, 0.1) is 21.1 Å². The number of amides is 2. The van der Waals surface area contributed by atoms with Gasteiger partial charge < -0.3 is 15.4 Å². The summed E-state index contributed by atoms with van der Waals surface area (Å²) < 4.78 is 33.7. The van der Waals surface area contributed by atoms with Crippen molar-refractivity contribution in [2.75, 3.05) is 17.1 Å². The maximum Gasteiger partial charge on any atom is 0.269 e. The normalized spacial score (nSPS) is 11.1. The molecule has 4 aromatic rings. The van der Waals surface area contributed by atoms with E-state index in [1.165, 1.54) is 44.4 Å². The Morgan fingerprint density at radius 3 is 2.47 bits per heavy atom. The molecule has 2 heterocycles. The fourth-order valence-electron chi connectivity index (χ4n) is 3.02. The Bertz CT molecular complexity index is 1600. The topological polar surface area (TPSA) is 165 Å². The Hall–Kier alpha value is -4.36. The highest BCUT2D eigenvalue weighted by Crippen LogP contribution is 2.27. The van der Waals surface area contributed by atoms with Gasteiger partial charge in [0.2, 0.25) is 5.91 Å². The molecule has 0 spiro atoms. The number of halogens is 1. The molecule has 36 heavy (non-hydrogen) atoms. The van der Waals surface area contributed by atoms with E-state index in [9.17, 15) is 18.0 Å². The molecule has 4 rings (SSSR count). The van der Waals surface area contributed by atoms with Gasteiger partial charge in [0.15, 0.2) is 0 Å². The van der Waals surface area contributed by atoms with Crippen LogP contribution in [0, 0.1) is 0 Å². The van der Waals surface area contributed by atoms with Gasteiger partial charge >= 0.3 is 0 Å². The molecule has 0 saturated carbocycles. The third-order valence-corrected chi connectivity index (χ3v) is 6.28. The second kappa shape index (κ2) is 10.1. The van der Waals surface area contributed by atoms with Gasteiger partial charge in [-0.25, -0.2) is 18.1 Å². The van der Waals surface area contributed by atoms with Crippen LogP contribution >= 0.6 is 11.6 Å². The number of carbonyl (C=O) groups excluding carboxylic acids is 2. The molecule has 0 aliphatic rings. The van der Waals surface area contributed by atoms with Crippen LogP contribution in [0.2, 0.25) is 5.02 Å². The Kier molecular flexibility index (Phi) is 6.94. The number of aromatic nitrogens is 4. The average molecular weight is 528 g/mol.